The number of morpholine rings is 1. The van der Waals surface area contributed by atoms with Crippen molar-refractivity contribution in [2.24, 2.45) is 4.99 Å². The monoisotopic (exact) mass is 418 g/mol. The first-order valence-electron chi connectivity index (χ1n) is 7.45. The fourth-order valence-electron chi connectivity index (χ4n) is 2.30. The van der Waals surface area contributed by atoms with Crippen LogP contribution in [0.25, 0.3) is 0 Å². The van der Waals surface area contributed by atoms with Gasteiger partial charge in [0.1, 0.15) is 0 Å². The van der Waals surface area contributed by atoms with Crippen molar-refractivity contribution < 1.29 is 4.74 Å². The Morgan fingerprint density at radius 1 is 1.36 bits per heavy atom. The number of likely N-dealkylation sites (N-methyl/N-ethyl adjacent to an activating group) is 1. The fraction of sp³-hybridized carbons (Fsp3) is 0.562. The maximum atomic E-state index is 5.76. The molecular formula is C16H27IN4O. The van der Waals surface area contributed by atoms with E-state index < -0.39 is 0 Å². The highest BCUT2D eigenvalue weighted by molar-refractivity contribution is 14.0. The van der Waals surface area contributed by atoms with Gasteiger partial charge in [-0.05, 0) is 12.6 Å². The zero-order chi connectivity index (χ0) is 15.1. The minimum atomic E-state index is 0. The zero-order valence-corrected chi connectivity index (χ0v) is 16.0. The van der Waals surface area contributed by atoms with E-state index in [1.165, 1.54) is 5.56 Å². The van der Waals surface area contributed by atoms with Crippen LogP contribution < -0.4 is 5.32 Å². The lowest BCUT2D eigenvalue weighted by Crippen LogP contribution is -2.48. The standard InChI is InChI=1S/C16H26N4O.HI/c1-19(2)16(17-11-14-7-5-4-6-8-14)18-12-15-13-20(3)9-10-21-15;/h4-8,15H,9-13H2,1-3H3,(H,17,18);1H. The second-order valence-corrected chi connectivity index (χ2v) is 5.66. The molecule has 1 N–H and O–H groups in total. The lowest BCUT2D eigenvalue weighted by atomic mass is 10.2. The number of ether oxygens (including phenoxy) is 1. The smallest absolute Gasteiger partial charge is 0.193 e. The van der Waals surface area contributed by atoms with E-state index in [0.717, 1.165) is 32.2 Å². The second-order valence-electron chi connectivity index (χ2n) is 5.66. The highest BCUT2D eigenvalue weighted by atomic mass is 127. The molecule has 1 unspecified atom stereocenters. The first-order valence-corrected chi connectivity index (χ1v) is 7.45. The Morgan fingerprint density at radius 3 is 2.73 bits per heavy atom. The maximum Gasteiger partial charge on any atom is 0.193 e. The molecule has 6 heteroatoms. The van der Waals surface area contributed by atoms with Gasteiger partial charge in [-0.3, -0.25) is 0 Å². The van der Waals surface area contributed by atoms with Gasteiger partial charge in [0, 0.05) is 33.7 Å². The number of hydrogen-bond acceptors (Lipinski definition) is 3. The number of halogens is 1. The number of nitrogens with one attached hydrogen (secondary N) is 1. The summed E-state index contributed by atoms with van der Waals surface area (Å²) >= 11 is 0. The predicted octanol–water partition coefficient (Wildman–Crippen LogP) is 1.64. The van der Waals surface area contributed by atoms with E-state index in [4.69, 9.17) is 4.74 Å². The summed E-state index contributed by atoms with van der Waals surface area (Å²) < 4.78 is 5.76. The Bertz CT molecular complexity index is 453. The van der Waals surface area contributed by atoms with Gasteiger partial charge in [0.2, 0.25) is 0 Å². The van der Waals surface area contributed by atoms with Crippen LogP contribution >= 0.6 is 24.0 Å². The molecule has 1 aromatic carbocycles. The first kappa shape index (κ1) is 19.2. The van der Waals surface area contributed by atoms with Crippen molar-refractivity contribution in [3.63, 3.8) is 0 Å². The van der Waals surface area contributed by atoms with Crippen LogP contribution in [0.3, 0.4) is 0 Å². The number of rotatable bonds is 4. The van der Waals surface area contributed by atoms with Crippen molar-refractivity contribution in [2.75, 3.05) is 47.4 Å². The third-order valence-electron chi connectivity index (χ3n) is 3.51. The number of hydrogen-bond donors (Lipinski definition) is 1. The molecule has 0 radical (unpaired) electrons. The molecule has 5 nitrogen and oxygen atoms in total. The highest BCUT2D eigenvalue weighted by Crippen LogP contribution is 2.03. The van der Waals surface area contributed by atoms with E-state index in [1.54, 1.807) is 0 Å². The van der Waals surface area contributed by atoms with Crippen LogP contribution in [0.4, 0.5) is 0 Å². The SMILES string of the molecule is CN1CCOC(CNC(=NCc2ccccc2)N(C)C)C1.I. The molecule has 0 spiro atoms. The number of guanidine groups is 1. The molecule has 0 aliphatic carbocycles. The van der Waals surface area contributed by atoms with Crippen LogP contribution in [-0.2, 0) is 11.3 Å². The van der Waals surface area contributed by atoms with Crippen LogP contribution in [0.15, 0.2) is 35.3 Å². The summed E-state index contributed by atoms with van der Waals surface area (Å²) in [5, 5.41) is 3.40. The molecule has 1 saturated heterocycles. The predicted molar refractivity (Wildman–Crippen MR) is 102 cm³/mol. The number of aliphatic imine (C=N–C) groups is 1. The van der Waals surface area contributed by atoms with Gasteiger partial charge in [-0.25, -0.2) is 4.99 Å². The van der Waals surface area contributed by atoms with Gasteiger partial charge in [0.25, 0.3) is 0 Å². The van der Waals surface area contributed by atoms with E-state index in [-0.39, 0.29) is 30.1 Å². The summed E-state index contributed by atoms with van der Waals surface area (Å²) in [5.41, 5.74) is 1.22. The zero-order valence-electron chi connectivity index (χ0n) is 13.7. The molecule has 1 fully saturated rings. The Morgan fingerprint density at radius 2 is 2.09 bits per heavy atom. The van der Waals surface area contributed by atoms with E-state index in [1.807, 2.05) is 37.2 Å². The van der Waals surface area contributed by atoms with Gasteiger partial charge in [-0.1, -0.05) is 30.3 Å². The Labute approximate surface area is 150 Å². The minimum absolute atomic E-state index is 0. The van der Waals surface area contributed by atoms with Crippen molar-refractivity contribution in [3.05, 3.63) is 35.9 Å². The van der Waals surface area contributed by atoms with Crippen molar-refractivity contribution in [3.8, 4) is 0 Å². The van der Waals surface area contributed by atoms with Gasteiger partial charge in [0.15, 0.2) is 5.96 Å². The molecule has 1 aromatic rings. The number of benzene rings is 1. The molecule has 22 heavy (non-hydrogen) atoms. The van der Waals surface area contributed by atoms with Crippen molar-refractivity contribution >= 4 is 29.9 Å². The van der Waals surface area contributed by atoms with Crippen LogP contribution in [0.2, 0.25) is 0 Å². The van der Waals surface area contributed by atoms with E-state index in [9.17, 15) is 0 Å². The largest absolute Gasteiger partial charge is 0.374 e. The molecule has 1 aliphatic heterocycles. The van der Waals surface area contributed by atoms with Gasteiger partial charge in [0.05, 0.1) is 19.3 Å². The van der Waals surface area contributed by atoms with Gasteiger partial charge < -0.3 is 19.9 Å². The quantitative estimate of drug-likeness (QED) is 0.459. The Hall–Kier alpha value is -0.860. The van der Waals surface area contributed by atoms with Crippen molar-refractivity contribution in [2.45, 2.75) is 12.6 Å². The fourth-order valence-corrected chi connectivity index (χ4v) is 2.30. The van der Waals surface area contributed by atoms with Crippen LogP contribution in [-0.4, -0.2) is 69.2 Å². The van der Waals surface area contributed by atoms with Crippen molar-refractivity contribution in [1.29, 1.82) is 0 Å². The van der Waals surface area contributed by atoms with Gasteiger partial charge in [-0.2, -0.15) is 0 Å². The number of nitrogens with zero attached hydrogens (tertiary/aromatic N) is 3. The van der Waals surface area contributed by atoms with Crippen LogP contribution in [0.1, 0.15) is 5.56 Å². The summed E-state index contributed by atoms with van der Waals surface area (Å²) in [6.45, 7) is 4.26. The normalized spacial score (nSPS) is 19.4. The summed E-state index contributed by atoms with van der Waals surface area (Å²) in [6.07, 6.45) is 0.227. The Balaban J connectivity index is 0.00000242. The summed E-state index contributed by atoms with van der Waals surface area (Å²) in [4.78, 5) is 8.97. The Kier molecular flexibility index (Phi) is 8.74. The van der Waals surface area contributed by atoms with E-state index in [2.05, 4.69) is 34.4 Å². The minimum Gasteiger partial charge on any atom is -0.374 e. The van der Waals surface area contributed by atoms with Crippen LogP contribution in [0, 0.1) is 0 Å². The second kappa shape index (κ2) is 10.0. The molecule has 2 rings (SSSR count). The average molecular weight is 418 g/mol. The molecule has 0 amide bonds. The molecule has 1 atom stereocenters. The third-order valence-corrected chi connectivity index (χ3v) is 3.51. The highest BCUT2D eigenvalue weighted by Gasteiger charge is 2.18. The molecule has 0 bridgehead atoms. The average Bonchev–Trinajstić information content (AvgIpc) is 2.48. The summed E-state index contributed by atoms with van der Waals surface area (Å²) in [6, 6.07) is 10.3. The molecule has 124 valence electrons. The molecule has 0 saturated carbocycles. The molecule has 1 heterocycles. The van der Waals surface area contributed by atoms with Crippen molar-refractivity contribution in [1.82, 2.24) is 15.1 Å². The molecule has 0 aromatic heterocycles. The first-order chi connectivity index (χ1) is 10.1. The summed E-state index contributed by atoms with van der Waals surface area (Å²) in [7, 11) is 6.14. The lowest BCUT2D eigenvalue weighted by molar-refractivity contribution is -0.0162. The molecule has 1 aliphatic rings. The topological polar surface area (TPSA) is 40.1 Å². The molecular weight excluding hydrogens is 391 g/mol. The third kappa shape index (κ3) is 6.50. The summed E-state index contributed by atoms with van der Waals surface area (Å²) in [5.74, 6) is 0.899. The van der Waals surface area contributed by atoms with E-state index >= 15 is 0 Å². The maximum absolute atomic E-state index is 5.76. The lowest BCUT2D eigenvalue weighted by Gasteiger charge is -2.31. The van der Waals surface area contributed by atoms with E-state index in [0.29, 0.717) is 6.54 Å². The van der Waals surface area contributed by atoms with Crippen LogP contribution in [0.5, 0.6) is 0 Å². The van der Waals surface area contributed by atoms with Gasteiger partial charge >= 0.3 is 0 Å². The van der Waals surface area contributed by atoms with Gasteiger partial charge in [-0.15, -0.1) is 24.0 Å².